The summed E-state index contributed by atoms with van der Waals surface area (Å²) in [6.45, 7) is 0. The summed E-state index contributed by atoms with van der Waals surface area (Å²) < 4.78 is 4.78. The van der Waals surface area contributed by atoms with Crippen molar-refractivity contribution in [1.29, 1.82) is 0 Å². The maximum atomic E-state index is 5.14. The van der Waals surface area contributed by atoms with E-state index in [9.17, 15) is 0 Å². The lowest BCUT2D eigenvalue weighted by atomic mass is 10.9. The van der Waals surface area contributed by atoms with Gasteiger partial charge in [0.1, 0.15) is 0 Å². The Balaban J connectivity index is 3.61. The van der Waals surface area contributed by atoms with Crippen molar-refractivity contribution in [2.45, 2.75) is 5.16 Å². The van der Waals surface area contributed by atoms with Crippen LogP contribution in [0.1, 0.15) is 0 Å². The molecule has 1 aromatic rings. The highest BCUT2D eigenvalue weighted by Crippen LogP contribution is 2.09. The molecule has 12 heavy (non-hydrogen) atoms. The van der Waals surface area contributed by atoms with Gasteiger partial charge >= 0.3 is 0 Å². The molecule has 0 atom stereocenters. The van der Waals surface area contributed by atoms with Crippen LogP contribution < -0.4 is 0 Å². The molecular formula is C6H9N3S3. The quantitative estimate of drug-likeness (QED) is 0.532. The molecule has 66 valence electrons. The summed E-state index contributed by atoms with van der Waals surface area (Å²) in [5.41, 5.74) is 0. The van der Waals surface area contributed by atoms with Crippen molar-refractivity contribution < 1.29 is 0 Å². The van der Waals surface area contributed by atoms with Crippen molar-refractivity contribution >= 4 is 36.2 Å². The van der Waals surface area contributed by atoms with Crippen LogP contribution in [0.4, 0.5) is 0 Å². The number of hydrogen-bond donors (Lipinski definition) is 0. The van der Waals surface area contributed by atoms with Crippen molar-refractivity contribution in [3.05, 3.63) is 9.54 Å². The largest absolute Gasteiger partial charge is 0.301 e. The van der Waals surface area contributed by atoms with Gasteiger partial charge in [-0.15, -0.1) is 0 Å². The molecule has 0 aliphatic carbocycles. The Kier molecular flexibility index (Phi) is 3.03. The van der Waals surface area contributed by atoms with Gasteiger partial charge in [-0.2, -0.15) is 4.98 Å². The van der Waals surface area contributed by atoms with Crippen LogP contribution in [0.15, 0.2) is 5.16 Å². The molecule has 0 unspecified atom stereocenters. The summed E-state index contributed by atoms with van der Waals surface area (Å²) in [6.07, 6.45) is 1.95. The second-order valence-electron chi connectivity index (χ2n) is 2.28. The van der Waals surface area contributed by atoms with E-state index in [-0.39, 0.29) is 0 Å². The number of rotatable bonds is 1. The molecule has 6 heteroatoms. The third-order valence-electron chi connectivity index (χ3n) is 1.52. The highest BCUT2D eigenvalue weighted by atomic mass is 32.2. The standard InChI is InChI=1S/C6H9N3S3/c1-8-4(10)7-5(12-3)9(2)6(8)11/h1-3H3. The Morgan fingerprint density at radius 2 is 1.83 bits per heavy atom. The first-order valence-electron chi connectivity index (χ1n) is 3.26. The number of hydrogen-bond acceptors (Lipinski definition) is 4. The zero-order valence-electron chi connectivity index (χ0n) is 7.07. The number of thioether (sulfide) groups is 1. The van der Waals surface area contributed by atoms with Gasteiger partial charge in [0.05, 0.1) is 0 Å². The van der Waals surface area contributed by atoms with Gasteiger partial charge in [0, 0.05) is 14.1 Å². The summed E-state index contributed by atoms with van der Waals surface area (Å²) in [5, 5.41) is 0.850. The zero-order chi connectivity index (χ0) is 9.30. The summed E-state index contributed by atoms with van der Waals surface area (Å²) in [7, 11) is 3.71. The average Bonchev–Trinajstić information content (AvgIpc) is 2.08. The van der Waals surface area contributed by atoms with Crippen LogP contribution in [0, 0.1) is 9.54 Å². The molecule has 0 aliphatic heterocycles. The van der Waals surface area contributed by atoms with Gasteiger partial charge < -0.3 is 4.57 Å². The fourth-order valence-electron chi connectivity index (χ4n) is 0.803. The minimum atomic E-state index is 0.530. The van der Waals surface area contributed by atoms with Crippen molar-refractivity contribution in [2.24, 2.45) is 14.1 Å². The number of nitrogens with zero attached hydrogens (tertiary/aromatic N) is 3. The van der Waals surface area contributed by atoms with Gasteiger partial charge in [0.2, 0.25) is 4.77 Å². The van der Waals surface area contributed by atoms with Gasteiger partial charge in [-0.25, -0.2) is 0 Å². The average molecular weight is 219 g/mol. The molecule has 0 aromatic carbocycles. The molecule has 1 rings (SSSR count). The maximum absolute atomic E-state index is 5.14. The summed E-state index contributed by atoms with van der Waals surface area (Å²) >= 11 is 11.7. The Labute approximate surface area is 85.4 Å². The third kappa shape index (κ3) is 1.60. The molecule has 0 radical (unpaired) electrons. The molecule has 0 aliphatic rings. The molecule has 0 fully saturated rings. The Hall–Kier alpha value is -0.200. The van der Waals surface area contributed by atoms with Crippen LogP contribution >= 0.6 is 36.2 Å². The first-order chi connectivity index (χ1) is 5.57. The van der Waals surface area contributed by atoms with E-state index in [0.717, 1.165) is 5.16 Å². The molecule has 1 heterocycles. The second-order valence-corrected chi connectivity index (χ2v) is 3.79. The number of aromatic nitrogens is 3. The van der Waals surface area contributed by atoms with Crippen LogP contribution in [0.2, 0.25) is 0 Å². The van der Waals surface area contributed by atoms with E-state index in [2.05, 4.69) is 4.98 Å². The minimum Gasteiger partial charge on any atom is -0.301 e. The summed E-state index contributed by atoms with van der Waals surface area (Å²) in [4.78, 5) is 4.19. The molecular weight excluding hydrogens is 210 g/mol. The second kappa shape index (κ2) is 3.68. The van der Waals surface area contributed by atoms with E-state index in [1.807, 2.05) is 24.9 Å². The summed E-state index contributed by atoms with van der Waals surface area (Å²) in [5.74, 6) is 0. The Morgan fingerprint density at radius 3 is 2.33 bits per heavy atom. The predicted molar refractivity (Wildman–Crippen MR) is 55.6 cm³/mol. The van der Waals surface area contributed by atoms with Crippen LogP contribution in [-0.2, 0) is 14.1 Å². The van der Waals surface area contributed by atoms with Crippen molar-refractivity contribution in [2.75, 3.05) is 6.26 Å². The molecule has 0 bridgehead atoms. The van der Waals surface area contributed by atoms with Crippen LogP contribution in [-0.4, -0.2) is 20.4 Å². The Bertz CT molecular complexity index is 403. The van der Waals surface area contributed by atoms with E-state index in [0.29, 0.717) is 9.54 Å². The van der Waals surface area contributed by atoms with E-state index in [4.69, 9.17) is 24.4 Å². The lowest BCUT2D eigenvalue weighted by Crippen LogP contribution is -2.09. The Morgan fingerprint density at radius 1 is 1.25 bits per heavy atom. The fraction of sp³-hybridized carbons (Fsp3) is 0.500. The van der Waals surface area contributed by atoms with Gasteiger partial charge in [-0.1, -0.05) is 11.8 Å². The van der Waals surface area contributed by atoms with E-state index in [1.54, 1.807) is 4.57 Å². The zero-order valence-corrected chi connectivity index (χ0v) is 9.52. The van der Waals surface area contributed by atoms with Gasteiger partial charge in [-0.3, -0.25) is 4.57 Å². The summed E-state index contributed by atoms with van der Waals surface area (Å²) in [6, 6.07) is 0. The van der Waals surface area contributed by atoms with Gasteiger partial charge in [-0.05, 0) is 30.7 Å². The van der Waals surface area contributed by atoms with Crippen molar-refractivity contribution in [3.8, 4) is 0 Å². The van der Waals surface area contributed by atoms with E-state index < -0.39 is 0 Å². The van der Waals surface area contributed by atoms with Crippen LogP contribution in [0.25, 0.3) is 0 Å². The molecule has 0 amide bonds. The third-order valence-corrected chi connectivity index (χ3v) is 3.16. The molecule has 0 saturated heterocycles. The first-order valence-corrected chi connectivity index (χ1v) is 5.30. The van der Waals surface area contributed by atoms with E-state index in [1.165, 1.54) is 11.8 Å². The topological polar surface area (TPSA) is 22.8 Å². The molecule has 0 N–H and O–H groups in total. The molecule has 1 aromatic heterocycles. The van der Waals surface area contributed by atoms with Crippen molar-refractivity contribution in [1.82, 2.24) is 14.1 Å². The SMILES string of the molecule is CSc1nc(=S)n(C)c(=S)n1C. The first kappa shape index (κ1) is 9.88. The predicted octanol–water partition coefficient (Wildman–Crippen LogP) is 1.94. The van der Waals surface area contributed by atoms with E-state index >= 15 is 0 Å². The minimum absolute atomic E-state index is 0.530. The van der Waals surface area contributed by atoms with Crippen LogP contribution in [0.5, 0.6) is 0 Å². The lowest BCUT2D eigenvalue weighted by molar-refractivity contribution is 0.619. The normalized spacial score (nSPS) is 10.2. The van der Waals surface area contributed by atoms with Gasteiger partial charge in [0.25, 0.3) is 0 Å². The highest BCUT2D eigenvalue weighted by molar-refractivity contribution is 7.98. The molecule has 0 spiro atoms. The highest BCUT2D eigenvalue weighted by Gasteiger charge is 2.00. The smallest absolute Gasteiger partial charge is 0.203 e. The van der Waals surface area contributed by atoms with Crippen molar-refractivity contribution in [3.63, 3.8) is 0 Å². The maximum Gasteiger partial charge on any atom is 0.203 e. The van der Waals surface area contributed by atoms with Crippen LogP contribution in [0.3, 0.4) is 0 Å². The fourth-order valence-corrected chi connectivity index (χ4v) is 1.86. The lowest BCUT2D eigenvalue weighted by Gasteiger charge is -2.07. The molecule has 3 nitrogen and oxygen atoms in total. The monoisotopic (exact) mass is 219 g/mol. The molecule has 0 saturated carbocycles. The van der Waals surface area contributed by atoms with Gasteiger partial charge in [0.15, 0.2) is 9.93 Å².